The molecule has 0 saturated heterocycles. The lowest BCUT2D eigenvalue weighted by atomic mass is 10.5. The molecule has 0 aromatic carbocycles. The molecule has 62 valence electrons. The number of hydrogen-bond donors (Lipinski definition) is 1. The van der Waals surface area contributed by atoms with E-state index in [1.54, 1.807) is 0 Å². The van der Waals surface area contributed by atoms with Crippen LogP contribution in [-0.4, -0.2) is 25.8 Å². The van der Waals surface area contributed by atoms with Crippen LogP contribution in [0.3, 0.4) is 0 Å². The van der Waals surface area contributed by atoms with E-state index in [9.17, 15) is 13.2 Å². The van der Waals surface area contributed by atoms with Crippen LogP contribution in [-0.2, 0) is 14.6 Å². The van der Waals surface area contributed by atoms with E-state index in [-0.39, 0.29) is 12.2 Å². The van der Waals surface area contributed by atoms with Crippen LogP contribution in [0.5, 0.6) is 0 Å². The Bertz CT molecular complexity index is 275. The molecule has 6 heteroatoms. The topological polar surface area (TPSA) is 101 Å². The second-order valence-corrected chi connectivity index (χ2v) is 4.15. The van der Waals surface area contributed by atoms with Crippen molar-refractivity contribution < 1.29 is 13.2 Å². The van der Waals surface area contributed by atoms with Crippen molar-refractivity contribution in [2.45, 2.75) is 6.42 Å². The summed E-state index contributed by atoms with van der Waals surface area (Å²) in [6.45, 7) is 0. The fraction of sp³-hybridized carbons (Fsp3) is 0.600. The summed E-state index contributed by atoms with van der Waals surface area (Å²) in [6, 6.07) is 1.49. The third kappa shape index (κ3) is 5.36. The number of sulfone groups is 1. The van der Waals surface area contributed by atoms with Gasteiger partial charge in [0.25, 0.3) is 0 Å². The molecule has 0 aromatic rings. The molecule has 0 aromatic heterocycles. The summed E-state index contributed by atoms with van der Waals surface area (Å²) in [6.07, 6.45) is -0.218. The van der Waals surface area contributed by atoms with E-state index in [0.29, 0.717) is 0 Å². The molecule has 1 amide bonds. The number of hydrogen-bond acceptors (Lipinski definition) is 4. The first-order valence-corrected chi connectivity index (χ1v) is 4.66. The summed E-state index contributed by atoms with van der Waals surface area (Å²) in [5.41, 5.74) is 4.71. The van der Waals surface area contributed by atoms with Crippen molar-refractivity contribution in [2.75, 3.05) is 11.5 Å². The van der Waals surface area contributed by atoms with Crippen molar-refractivity contribution in [3.05, 3.63) is 0 Å². The fourth-order valence-corrected chi connectivity index (χ4v) is 1.28. The van der Waals surface area contributed by atoms with Crippen LogP contribution in [0.2, 0.25) is 0 Å². The van der Waals surface area contributed by atoms with Gasteiger partial charge in [0.2, 0.25) is 5.91 Å². The van der Waals surface area contributed by atoms with Gasteiger partial charge in [0.15, 0.2) is 9.84 Å². The molecule has 0 radical (unpaired) electrons. The average molecular weight is 176 g/mol. The molecular weight excluding hydrogens is 168 g/mol. The third-order valence-corrected chi connectivity index (χ3v) is 2.34. The van der Waals surface area contributed by atoms with Gasteiger partial charge in [-0.3, -0.25) is 4.79 Å². The quantitative estimate of drug-likeness (QED) is 0.581. The summed E-state index contributed by atoms with van der Waals surface area (Å²) in [7, 11) is -3.39. The molecule has 5 nitrogen and oxygen atoms in total. The summed E-state index contributed by atoms with van der Waals surface area (Å²) >= 11 is 0. The summed E-state index contributed by atoms with van der Waals surface area (Å²) in [5.74, 6) is -1.57. The smallest absolute Gasteiger partial charge is 0.218 e. The monoisotopic (exact) mass is 176 g/mol. The zero-order valence-electron chi connectivity index (χ0n) is 5.78. The zero-order valence-corrected chi connectivity index (χ0v) is 6.60. The average Bonchev–Trinajstić information content (AvgIpc) is 1.84. The first kappa shape index (κ1) is 9.91. The van der Waals surface area contributed by atoms with Gasteiger partial charge in [-0.05, 0) is 0 Å². The maximum atomic E-state index is 10.7. The molecule has 2 N–H and O–H groups in total. The maximum absolute atomic E-state index is 10.7. The van der Waals surface area contributed by atoms with Crippen LogP contribution < -0.4 is 5.73 Å². The van der Waals surface area contributed by atoms with Crippen LogP contribution in [0.25, 0.3) is 0 Å². The minimum absolute atomic E-state index is 0.218. The molecule has 0 aliphatic carbocycles. The van der Waals surface area contributed by atoms with Crippen molar-refractivity contribution in [3.8, 4) is 6.07 Å². The van der Waals surface area contributed by atoms with Crippen molar-refractivity contribution in [1.82, 2.24) is 0 Å². The van der Waals surface area contributed by atoms with Gasteiger partial charge in [0.05, 0.1) is 11.8 Å². The van der Waals surface area contributed by atoms with Gasteiger partial charge in [0, 0.05) is 6.42 Å². The molecule has 0 fully saturated rings. The molecule has 0 aliphatic rings. The summed E-state index contributed by atoms with van der Waals surface area (Å²) in [4.78, 5) is 10.1. The normalized spacial score (nSPS) is 10.5. The number of nitrogens with two attached hydrogens (primary N) is 1. The molecule has 0 heterocycles. The molecule has 0 rings (SSSR count). The summed E-state index contributed by atoms with van der Waals surface area (Å²) < 4.78 is 21.4. The molecule has 0 atom stereocenters. The fourth-order valence-electron chi connectivity index (χ4n) is 0.427. The lowest BCUT2D eigenvalue weighted by Gasteiger charge is -1.94. The Balaban J connectivity index is 3.96. The van der Waals surface area contributed by atoms with Crippen LogP contribution in [0.15, 0.2) is 0 Å². The van der Waals surface area contributed by atoms with E-state index in [2.05, 4.69) is 0 Å². The lowest BCUT2D eigenvalue weighted by molar-refractivity contribution is -0.117. The van der Waals surface area contributed by atoms with E-state index in [1.807, 2.05) is 0 Å². The third-order valence-electron chi connectivity index (χ3n) is 0.944. The van der Waals surface area contributed by atoms with Gasteiger partial charge in [0.1, 0.15) is 5.75 Å². The second-order valence-electron chi connectivity index (χ2n) is 1.97. The van der Waals surface area contributed by atoms with Crippen molar-refractivity contribution in [1.29, 1.82) is 5.26 Å². The highest BCUT2D eigenvalue weighted by Crippen LogP contribution is 1.91. The zero-order chi connectivity index (χ0) is 8.91. The Morgan fingerprint density at radius 2 is 2.09 bits per heavy atom. The molecule has 0 spiro atoms. The molecule has 0 unspecified atom stereocenters. The predicted octanol–water partition coefficient (Wildman–Crippen LogP) is -1.20. The number of primary amides is 1. The number of carbonyl (C=O) groups is 1. The van der Waals surface area contributed by atoms with Gasteiger partial charge in [-0.15, -0.1) is 0 Å². The molecule has 0 bridgehead atoms. The Hall–Kier alpha value is -1.09. The minimum atomic E-state index is -3.39. The van der Waals surface area contributed by atoms with Gasteiger partial charge in [-0.2, -0.15) is 5.26 Å². The first-order valence-electron chi connectivity index (χ1n) is 2.83. The number of nitriles is 1. The molecule has 11 heavy (non-hydrogen) atoms. The second kappa shape index (κ2) is 3.93. The van der Waals surface area contributed by atoms with Crippen molar-refractivity contribution in [2.24, 2.45) is 5.73 Å². The SMILES string of the molecule is N#CCS(=O)(=O)CCC(N)=O. The Morgan fingerprint density at radius 1 is 1.55 bits per heavy atom. The van der Waals surface area contributed by atoms with E-state index in [0.717, 1.165) is 0 Å². The van der Waals surface area contributed by atoms with Gasteiger partial charge < -0.3 is 5.73 Å². The van der Waals surface area contributed by atoms with E-state index in [1.165, 1.54) is 6.07 Å². The molecule has 0 saturated carbocycles. The Morgan fingerprint density at radius 3 is 2.45 bits per heavy atom. The number of nitrogens with zero attached hydrogens (tertiary/aromatic N) is 1. The highest BCUT2D eigenvalue weighted by molar-refractivity contribution is 7.91. The largest absolute Gasteiger partial charge is 0.370 e. The summed E-state index contributed by atoms with van der Waals surface area (Å²) in [5, 5.41) is 8.02. The number of carbonyl (C=O) groups excluding carboxylic acids is 1. The van der Waals surface area contributed by atoms with Gasteiger partial charge >= 0.3 is 0 Å². The highest BCUT2D eigenvalue weighted by Gasteiger charge is 2.10. The lowest BCUT2D eigenvalue weighted by Crippen LogP contribution is -2.18. The Kier molecular flexibility index (Phi) is 3.54. The van der Waals surface area contributed by atoms with Crippen molar-refractivity contribution >= 4 is 15.7 Å². The van der Waals surface area contributed by atoms with Crippen LogP contribution in [0, 0.1) is 11.3 Å². The van der Waals surface area contributed by atoms with E-state index < -0.39 is 21.5 Å². The standard InChI is InChI=1S/C5H8N2O3S/c6-2-4-11(9,10)3-1-5(7)8/h1,3-4H2,(H2,7,8). The predicted molar refractivity (Wildman–Crippen MR) is 38.1 cm³/mol. The van der Waals surface area contributed by atoms with E-state index in [4.69, 9.17) is 11.0 Å². The minimum Gasteiger partial charge on any atom is -0.370 e. The van der Waals surface area contributed by atoms with Crippen LogP contribution in [0.1, 0.15) is 6.42 Å². The number of amides is 1. The van der Waals surface area contributed by atoms with Crippen molar-refractivity contribution in [3.63, 3.8) is 0 Å². The highest BCUT2D eigenvalue weighted by atomic mass is 32.2. The first-order chi connectivity index (χ1) is 4.98. The number of rotatable bonds is 4. The maximum Gasteiger partial charge on any atom is 0.218 e. The Labute approximate surface area is 64.7 Å². The molecular formula is C5H8N2O3S. The van der Waals surface area contributed by atoms with Gasteiger partial charge in [-0.25, -0.2) is 8.42 Å². The van der Waals surface area contributed by atoms with Gasteiger partial charge in [-0.1, -0.05) is 0 Å². The van der Waals surface area contributed by atoms with E-state index >= 15 is 0 Å². The molecule has 0 aliphatic heterocycles. The van der Waals surface area contributed by atoms with Crippen LogP contribution >= 0.6 is 0 Å². The van der Waals surface area contributed by atoms with Crippen LogP contribution in [0.4, 0.5) is 0 Å².